The Hall–Kier alpha value is -2.95. The van der Waals surface area contributed by atoms with Crippen LogP contribution in [0.5, 0.6) is 0 Å². The van der Waals surface area contributed by atoms with Crippen LogP contribution in [0.15, 0.2) is 36.4 Å². The van der Waals surface area contributed by atoms with Gasteiger partial charge in [0.05, 0.1) is 5.56 Å². The minimum Gasteiger partial charge on any atom is -0.369 e. The Labute approximate surface area is 221 Å². The number of hydrogen-bond donors (Lipinski definition) is 2. The van der Waals surface area contributed by atoms with Crippen LogP contribution in [-0.2, 0) is 24.1 Å². The van der Waals surface area contributed by atoms with E-state index in [4.69, 9.17) is 5.73 Å². The van der Waals surface area contributed by atoms with Crippen molar-refractivity contribution in [2.75, 3.05) is 51.6 Å². The molecule has 2 atom stereocenters. The summed E-state index contributed by atoms with van der Waals surface area (Å²) in [5.74, 6) is -0.914. The minimum atomic E-state index is -4.53. The number of piperazine rings is 1. The van der Waals surface area contributed by atoms with Gasteiger partial charge in [-0.25, -0.2) is 0 Å². The highest BCUT2D eigenvalue weighted by Gasteiger charge is 2.34. The summed E-state index contributed by atoms with van der Waals surface area (Å²) in [5.41, 5.74) is 7.46. The van der Waals surface area contributed by atoms with E-state index in [-0.39, 0.29) is 35.5 Å². The first-order valence-electron chi connectivity index (χ1n) is 13.0. The highest BCUT2D eigenvalue weighted by molar-refractivity contribution is 6.04. The topological polar surface area (TPSA) is 81.9 Å². The van der Waals surface area contributed by atoms with Crippen molar-refractivity contribution in [3.05, 3.63) is 64.2 Å². The molecule has 7 nitrogen and oxygen atoms in total. The smallest absolute Gasteiger partial charge is 0.369 e. The van der Waals surface area contributed by atoms with Crippen LogP contribution in [0.1, 0.15) is 52.4 Å². The number of nitrogens with one attached hydrogen (secondary N) is 1. The van der Waals surface area contributed by atoms with Crippen LogP contribution < -0.4 is 11.1 Å². The molecule has 2 aromatic carbocycles. The molecule has 0 spiro atoms. The van der Waals surface area contributed by atoms with Crippen LogP contribution in [0.25, 0.3) is 0 Å². The second kappa shape index (κ2) is 11.4. The Morgan fingerprint density at radius 1 is 1.08 bits per heavy atom. The number of nitrogens with zero attached hydrogens (tertiary/aromatic N) is 3. The molecule has 0 aliphatic carbocycles. The largest absolute Gasteiger partial charge is 0.416 e. The van der Waals surface area contributed by atoms with Gasteiger partial charge in [0.25, 0.3) is 5.91 Å². The van der Waals surface area contributed by atoms with Gasteiger partial charge in [-0.3, -0.25) is 19.4 Å². The predicted molar refractivity (Wildman–Crippen MR) is 141 cm³/mol. The van der Waals surface area contributed by atoms with E-state index in [0.717, 1.165) is 36.8 Å². The zero-order valence-corrected chi connectivity index (χ0v) is 22.1. The monoisotopic (exact) mass is 531 g/mol. The maximum Gasteiger partial charge on any atom is 0.416 e. The molecule has 0 bridgehead atoms. The maximum atomic E-state index is 13.9. The van der Waals surface area contributed by atoms with Crippen molar-refractivity contribution in [2.24, 2.45) is 11.7 Å². The van der Waals surface area contributed by atoms with E-state index < -0.39 is 17.6 Å². The van der Waals surface area contributed by atoms with Crippen molar-refractivity contribution in [1.29, 1.82) is 0 Å². The highest BCUT2D eigenvalue weighted by Crippen LogP contribution is 2.35. The summed E-state index contributed by atoms with van der Waals surface area (Å²) in [7, 11) is 2.00. The number of primary amides is 1. The molecule has 4 rings (SSSR count). The number of carbonyl (C=O) groups is 2. The number of fused-ring (bicyclic) bond motifs is 1. The first-order valence-corrected chi connectivity index (χ1v) is 13.0. The molecule has 2 aliphatic heterocycles. The van der Waals surface area contributed by atoms with Gasteiger partial charge in [0.1, 0.15) is 0 Å². The van der Waals surface area contributed by atoms with E-state index in [0.29, 0.717) is 31.7 Å². The second-order valence-corrected chi connectivity index (χ2v) is 10.7. The first-order chi connectivity index (χ1) is 17.9. The molecule has 0 radical (unpaired) electrons. The molecule has 2 amide bonds. The van der Waals surface area contributed by atoms with E-state index in [1.807, 2.05) is 18.0 Å². The zero-order chi connectivity index (χ0) is 27.6. The van der Waals surface area contributed by atoms with E-state index in [9.17, 15) is 22.8 Å². The number of hydrogen-bond acceptors (Lipinski definition) is 5. The molecule has 2 heterocycles. The number of anilines is 1. The molecule has 3 N–H and O–H groups in total. The zero-order valence-electron chi connectivity index (χ0n) is 22.1. The molecule has 1 fully saturated rings. The lowest BCUT2D eigenvalue weighted by molar-refractivity contribution is -0.138. The summed E-state index contributed by atoms with van der Waals surface area (Å²) in [6.07, 6.45) is -4.53. The van der Waals surface area contributed by atoms with Gasteiger partial charge in [0.15, 0.2) is 0 Å². The summed E-state index contributed by atoms with van der Waals surface area (Å²) in [5, 5.41) is 2.65. The number of carbonyl (C=O) groups excluding carboxylic acids is 2. The van der Waals surface area contributed by atoms with Gasteiger partial charge in [0.2, 0.25) is 5.91 Å². The van der Waals surface area contributed by atoms with Crippen LogP contribution in [0.3, 0.4) is 0 Å². The molecule has 0 saturated carbocycles. The Morgan fingerprint density at radius 2 is 1.79 bits per heavy atom. The summed E-state index contributed by atoms with van der Waals surface area (Å²) in [4.78, 5) is 30.9. The Bertz CT molecular complexity index is 1180. The number of alkyl halides is 3. The number of benzene rings is 2. The third-order valence-electron chi connectivity index (χ3n) is 7.54. The molecule has 2 aliphatic rings. The van der Waals surface area contributed by atoms with E-state index in [1.165, 1.54) is 12.1 Å². The number of rotatable bonds is 7. The fraction of sp³-hybridized carbons (Fsp3) is 0.500. The van der Waals surface area contributed by atoms with Crippen molar-refractivity contribution in [3.8, 4) is 0 Å². The molecule has 0 aromatic heterocycles. The van der Waals surface area contributed by atoms with E-state index >= 15 is 0 Å². The van der Waals surface area contributed by atoms with Crippen molar-refractivity contribution in [3.63, 3.8) is 0 Å². The third-order valence-corrected chi connectivity index (χ3v) is 7.54. The third kappa shape index (κ3) is 6.73. The van der Waals surface area contributed by atoms with Crippen LogP contribution in [0, 0.1) is 5.92 Å². The van der Waals surface area contributed by atoms with Crippen molar-refractivity contribution < 1.29 is 22.8 Å². The minimum absolute atomic E-state index is 0.104. The van der Waals surface area contributed by atoms with Crippen molar-refractivity contribution in [1.82, 2.24) is 14.7 Å². The van der Waals surface area contributed by atoms with E-state index in [1.54, 1.807) is 19.1 Å². The maximum absolute atomic E-state index is 13.9. The Balaban J connectivity index is 1.49. The van der Waals surface area contributed by atoms with Crippen LogP contribution in [-0.4, -0.2) is 72.8 Å². The Kier molecular flexibility index (Phi) is 8.44. The quantitative estimate of drug-likeness (QED) is 0.569. The van der Waals surface area contributed by atoms with Gasteiger partial charge in [-0.2, -0.15) is 13.2 Å². The SMILES string of the molecule is CC(CN1Cc2cc(C(=O)Nc3ccc(CN4CCN(C)CC4)c(C(F)(F)F)c3)ccc2[C@@H](C)C1)C(N)=O. The molecule has 10 heteroatoms. The summed E-state index contributed by atoms with van der Waals surface area (Å²) in [6.45, 7) is 9.01. The standard InChI is InChI=1S/C28H36F3N5O2/c1-18-14-36(15-19(2)26(32)37)17-22-12-20(5-7-24(18)22)27(38)33-23-6-4-21(25(13-23)28(29,30)31)16-35-10-8-34(3)9-11-35/h4-7,12-13,18-19H,8-11,14-17H2,1-3H3,(H2,32,37)(H,33,38)/t18-,19?/m0/s1. The second-order valence-electron chi connectivity index (χ2n) is 10.7. The molecular formula is C28H36F3N5O2. The van der Waals surface area contributed by atoms with Gasteiger partial charge < -0.3 is 16.0 Å². The van der Waals surface area contributed by atoms with Crippen LogP contribution in [0.4, 0.5) is 18.9 Å². The number of amides is 2. The molecule has 206 valence electrons. The summed E-state index contributed by atoms with van der Waals surface area (Å²) < 4.78 is 41.8. The van der Waals surface area contributed by atoms with Crippen LogP contribution in [0.2, 0.25) is 0 Å². The number of likely N-dealkylation sites (N-methyl/N-ethyl adjacent to an activating group) is 1. The fourth-order valence-electron chi connectivity index (χ4n) is 5.28. The lowest BCUT2D eigenvalue weighted by Gasteiger charge is -2.34. The fourth-order valence-corrected chi connectivity index (χ4v) is 5.28. The van der Waals surface area contributed by atoms with Gasteiger partial charge in [-0.05, 0) is 53.9 Å². The molecule has 38 heavy (non-hydrogen) atoms. The lowest BCUT2D eigenvalue weighted by Crippen LogP contribution is -2.44. The summed E-state index contributed by atoms with van der Waals surface area (Å²) >= 11 is 0. The average Bonchev–Trinajstić information content (AvgIpc) is 2.85. The van der Waals surface area contributed by atoms with E-state index in [2.05, 4.69) is 22.0 Å². The van der Waals surface area contributed by atoms with Gasteiger partial charge in [-0.15, -0.1) is 0 Å². The molecule has 1 unspecified atom stereocenters. The van der Waals surface area contributed by atoms with Gasteiger partial charge >= 0.3 is 6.18 Å². The lowest BCUT2D eigenvalue weighted by atomic mass is 9.89. The normalized spacial score (nSPS) is 20.1. The van der Waals surface area contributed by atoms with Gasteiger partial charge in [0, 0.05) is 69.5 Å². The average molecular weight is 532 g/mol. The Morgan fingerprint density at radius 3 is 2.45 bits per heavy atom. The first kappa shape index (κ1) is 28.1. The number of halogens is 3. The summed E-state index contributed by atoms with van der Waals surface area (Å²) in [6, 6.07) is 9.42. The van der Waals surface area contributed by atoms with Crippen LogP contribution >= 0.6 is 0 Å². The molecule has 2 aromatic rings. The van der Waals surface area contributed by atoms with Crippen molar-refractivity contribution >= 4 is 17.5 Å². The predicted octanol–water partition coefficient (Wildman–Crippen LogP) is 3.75. The van der Waals surface area contributed by atoms with Gasteiger partial charge in [-0.1, -0.05) is 26.0 Å². The molecule has 1 saturated heterocycles. The highest BCUT2D eigenvalue weighted by atomic mass is 19.4. The number of nitrogens with two attached hydrogens (primary N) is 1. The van der Waals surface area contributed by atoms with Crippen molar-refractivity contribution in [2.45, 2.75) is 39.0 Å². The molecular weight excluding hydrogens is 495 g/mol.